The molecule has 0 radical (unpaired) electrons. The second-order valence-electron chi connectivity index (χ2n) is 5.61. The molecular weight excluding hydrogens is 254 g/mol. The molecule has 1 aromatic carbocycles. The van der Waals surface area contributed by atoms with Crippen molar-refractivity contribution in [2.45, 2.75) is 41.4 Å². The molecule has 0 aromatic heterocycles. The highest BCUT2D eigenvalue weighted by molar-refractivity contribution is 8.01. The van der Waals surface area contributed by atoms with E-state index >= 15 is 0 Å². The van der Waals surface area contributed by atoms with E-state index in [0.717, 1.165) is 6.54 Å². The number of benzene rings is 1. The molecule has 19 heavy (non-hydrogen) atoms. The van der Waals surface area contributed by atoms with Gasteiger partial charge in [0, 0.05) is 22.7 Å². The van der Waals surface area contributed by atoms with E-state index in [1.165, 1.54) is 30.6 Å². The van der Waals surface area contributed by atoms with Crippen molar-refractivity contribution in [2.75, 3.05) is 13.6 Å². The summed E-state index contributed by atoms with van der Waals surface area (Å²) in [5.74, 6) is 0.711. The number of guanidine groups is 1. The first kappa shape index (κ1) is 12.9. The summed E-state index contributed by atoms with van der Waals surface area (Å²) in [6.07, 6.45) is 5.01. The molecule has 2 saturated carbocycles. The minimum atomic E-state index is 0.302. The van der Waals surface area contributed by atoms with Crippen molar-refractivity contribution < 1.29 is 0 Å². The fraction of sp³-hybridized carbons (Fsp3) is 0.533. The third-order valence-electron chi connectivity index (χ3n) is 3.87. The Morgan fingerprint density at radius 1 is 1.37 bits per heavy atom. The number of aliphatic imine (C=N–C) groups is 1. The smallest absolute Gasteiger partial charge is 0.191 e. The van der Waals surface area contributed by atoms with Crippen molar-refractivity contribution in [3.8, 4) is 0 Å². The lowest BCUT2D eigenvalue weighted by molar-refractivity contribution is 0.487. The highest BCUT2D eigenvalue weighted by Gasteiger charge is 2.43. The Labute approximate surface area is 119 Å². The maximum Gasteiger partial charge on any atom is 0.191 e. The molecule has 102 valence electrons. The van der Waals surface area contributed by atoms with Crippen LogP contribution in [0.3, 0.4) is 0 Å². The maximum atomic E-state index is 6.05. The van der Waals surface area contributed by atoms with Crippen LogP contribution in [-0.4, -0.2) is 35.2 Å². The first-order valence-electron chi connectivity index (χ1n) is 6.95. The van der Waals surface area contributed by atoms with Crippen molar-refractivity contribution in [3.05, 3.63) is 30.3 Å². The summed E-state index contributed by atoms with van der Waals surface area (Å²) in [5, 5.41) is 0. The molecule has 2 aliphatic carbocycles. The van der Waals surface area contributed by atoms with Crippen LogP contribution in [0.4, 0.5) is 0 Å². The van der Waals surface area contributed by atoms with E-state index in [4.69, 9.17) is 5.73 Å². The maximum absolute atomic E-state index is 6.05. The first-order valence-corrected chi connectivity index (χ1v) is 7.77. The fourth-order valence-electron chi connectivity index (χ4n) is 2.16. The van der Waals surface area contributed by atoms with Gasteiger partial charge >= 0.3 is 0 Å². The van der Waals surface area contributed by atoms with Crippen molar-refractivity contribution in [1.82, 2.24) is 4.90 Å². The molecule has 3 nitrogen and oxygen atoms in total. The van der Waals surface area contributed by atoms with Crippen molar-refractivity contribution >= 4 is 17.7 Å². The van der Waals surface area contributed by atoms with E-state index in [-0.39, 0.29) is 0 Å². The van der Waals surface area contributed by atoms with Gasteiger partial charge in [-0.25, -0.2) is 0 Å². The van der Waals surface area contributed by atoms with Crippen LogP contribution in [0.1, 0.15) is 25.7 Å². The zero-order valence-corrected chi connectivity index (χ0v) is 12.2. The van der Waals surface area contributed by atoms with Gasteiger partial charge in [-0.3, -0.25) is 4.99 Å². The molecule has 2 aliphatic rings. The predicted molar refractivity (Wildman–Crippen MR) is 81.5 cm³/mol. The van der Waals surface area contributed by atoms with Crippen LogP contribution < -0.4 is 5.73 Å². The number of nitrogens with zero attached hydrogens (tertiary/aromatic N) is 2. The van der Waals surface area contributed by atoms with E-state index in [1.54, 1.807) is 0 Å². The van der Waals surface area contributed by atoms with Gasteiger partial charge in [0.05, 0.1) is 6.54 Å². The lowest BCUT2D eigenvalue weighted by Crippen LogP contribution is -2.36. The molecule has 0 aliphatic heterocycles. The lowest BCUT2D eigenvalue weighted by Gasteiger charge is -2.18. The molecule has 0 spiro atoms. The van der Waals surface area contributed by atoms with E-state index < -0.39 is 0 Å². The van der Waals surface area contributed by atoms with E-state index in [2.05, 4.69) is 47.3 Å². The van der Waals surface area contributed by atoms with E-state index in [1.807, 2.05) is 11.8 Å². The minimum absolute atomic E-state index is 0.302. The number of nitrogens with two attached hydrogens (primary N) is 1. The monoisotopic (exact) mass is 275 g/mol. The van der Waals surface area contributed by atoms with Crippen molar-refractivity contribution in [2.24, 2.45) is 10.7 Å². The summed E-state index contributed by atoms with van der Waals surface area (Å²) in [4.78, 5) is 8.08. The Bertz CT molecular complexity index is 464. The third kappa shape index (κ3) is 3.24. The van der Waals surface area contributed by atoms with Crippen molar-refractivity contribution in [3.63, 3.8) is 0 Å². The van der Waals surface area contributed by atoms with Gasteiger partial charge in [0.1, 0.15) is 0 Å². The molecule has 0 bridgehead atoms. The van der Waals surface area contributed by atoms with Crippen LogP contribution in [0, 0.1) is 0 Å². The number of hydrogen-bond acceptors (Lipinski definition) is 2. The Balaban J connectivity index is 1.58. The highest BCUT2D eigenvalue weighted by atomic mass is 32.2. The standard InChI is InChI=1S/C15H21N3S/c1-18(12-7-8-12)14(16)17-11-15(9-10-15)19-13-5-3-2-4-6-13/h2-6,12H,7-11H2,1H3,(H2,16,17). The SMILES string of the molecule is CN(C(N)=NCC1(Sc2ccccc2)CC1)C1CC1. The Kier molecular flexibility index (Phi) is 3.44. The zero-order valence-electron chi connectivity index (χ0n) is 11.4. The normalized spacial score (nSPS) is 21.2. The average Bonchev–Trinajstić information content (AvgIpc) is 3.32. The topological polar surface area (TPSA) is 41.6 Å². The summed E-state index contributed by atoms with van der Waals surface area (Å²) in [7, 11) is 2.06. The van der Waals surface area contributed by atoms with Crippen LogP contribution >= 0.6 is 11.8 Å². The fourth-order valence-corrected chi connectivity index (χ4v) is 3.38. The number of rotatable bonds is 5. The van der Waals surface area contributed by atoms with Crippen LogP contribution in [0.2, 0.25) is 0 Å². The van der Waals surface area contributed by atoms with Crippen LogP contribution in [0.5, 0.6) is 0 Å². The summed E-state index contributed by atoms with van der Waals surface area (Å²) in [6, 6.07) is 11.2. The minimum Gasteiger partial charge on any atom is -0.370 e. The zero-order chi connectivity index (χ0) is 13.3. The molecule has 0 unspecified atom stereocenters. The average molecular weight is 275 g/mol. The molecule has 0 saturated heterocycles. The second kappa shape index (κ2) is 5.08. The molecule has 0 atom stereocenters. The molecule has 1 aromatic rings. The van der Waals surface area contributed by atoms with Crippen LogP contribution in [0.25, 0.3) is 0 Å². The molecule has 2 N–H and O–H groups in total. The van der Waals surface area contributed by atoms with Gasteiger partial charge in [0.2, 0.25) is 0 Å². The van der Waals surface area contributed by atoms with Gasteiger partial charge in [-0.2, -0.15) is 0 Å². The summed E-state index contributed by atoms with van der Waals surface area (Å²) in [6.45, 7) is 0.843. The predicted octanol–water partition coefficient (Wildman–Crippen LogP) is 2.72. The molecule has 3 rings (SSSR count). The second-order valence-corrected chi connectivity index (χ2v) is 7.16. The van der Waals surface area contributed by atoms with Gasteiger partial charge < -0.3 is 10.6 Å². The first-order chi connectivity index (χ1) is 9.19. The molecule has 2 fully saturated rings. The molecule has 0 heterocycles. The molecule has 0 amide bonds. The van der Waals surface area contributed by atoms with Gasteiger partial charge in [0.15, 0.2) is 5.96 Å². The summed E-state index contributed by atoms with van der Waals surface area (Å²) in [5.41, 5.74) is 6.05. The van der Waals surface area contributed by atoms with Gasteiger partial charge in [0.25, 0.3) is 0 Å². The summed E-state index contributed by atoms with van der Waals surface area (Å²) < 4.78 is 0.302. The largest absolute Gasteiger partial charge is 0.370 e. The lowest BCUT2D eigenvalue weighted by atomic mass is 10.4. The summed E-state index contributed by atoms with van der Waals surface area (Å²) >= 11 is 1.95. The van der Waals surface area contributed by atoms with Crippen LogP contribution in [0.15, 0.2) is 40.2 Å². The molecular formula is C15H21N3S. The highest BCUT2D eigenvalue weighted by Crippen LogP contribution is 2.51. The van der Waals surface area contributed by atoms with Gasteiger partial charge in [-0.1, -0.05) is 18.2 Å². The van der Waals surface area contributed by atoms with E-state index in [9.17, 15) is 0 Å². The third-order valence-corrected chi connectivity index (χ3v) is 5.35. The quantitative estimate of drug-likeness (QED) is 0.663. The van der Waals surface area contributed by atoms with E-state index in [0.29, 0.717) is 16.7 Å². The van der Waals surface area contributed by atoms with Crippen LogP contribution in [-0.2, 0) is 0 Å². The number of thioether (sulfide) groups is 1. The Hall–Kier alpha value is -1.16. The van der Waals surface area contributed by atoms with Gasteiger partial charge in [-0.15, -0.1) is 11.8 Å². The molecule has 4 heteroatoms. The number of hydrogen-bond donors (Lipinski definition) is 1. The Morgan fingerprint density at radius 2 is 2.05 bits per heavy atom. The van der Waals surface area contributed by atoms with Gasteiger partial charge in [-0.05, 0) is 37.8 Å². The Morgan fingerprint density at radius 3 is 2.63 bits per heavy atom. The van der Waals surface area contributed by atoms with Crippen molar-refractivity contribution in [1.29, 1.82) is 0 Å².